The van der Waals surface area contributed by atoms with Crippen molar-refractivity contribution in [2.75, 3.05) is 0 Å². The van der Waals surface area contributed by atoms with Crippen LogP contribution in [0.25, 0.3) is 22.1 Å². The van der Waals surface area contributed by atoms with Crippen molar-refractivity contribution in [2.45, 2.75) is 6.61 Å². The van der Waals surface area contributed by atoms with E-state index in [1.165, 1.54) is 0 Å². The molecule has 3 aromatic rings. The SMILES string of the molecule is OCc1cc2cnc3occc3c2o1. The van der Waals surface area contributed by atoms with Crippen LogP contribution >= 0.6 is 0 Å². The lowest BCUT2D eigenvalue weighted by molar-refractivity contribution is 0.251. The quantitative estimate of drug-likeness (QED) is 0.636. The fourth-order valence-corrected chi connectivity index (χ4v) is 1.54. The molecule has 0 fully saturated rings. The Kier molecular flexibility index (Phi) is 1.40. The van der Waals surface area contributed by atoms with Crippen molar-refractivity contribution in [2.24, 2.45) is 0 Å². The third-order valence-corrected chi connectivity index (χ3v) is 2.18. The Bertz CT molecular complexity index is 593. The minimum atomic E-state index is -0.103. The van der Waals surface area contributed by atoms with Gasteiger partial charge in [-0.3, -0.25) is 0 Å². The summed E-state index contributed by atoms with van der Waals surface area (Å²) >= 11 is 0. The van der Waals surface area contributed by atoms with Crippen molar-refractivity contribution < 1.29 is 13.9 Å². The molecule has 3 aromatic heterocycles. The van der Waals surface area contributed by atoms with Crippen LogP contribution in [0.3, 0.4) is 0 Å². The predicted octanol–water partition coefficient (Wildman–Crippen LogP) is 2.07. The largest absolute Gasteiger partial charge is 0.458 e. The van der Waals surface area contributed by atoms with Gasteiger partial charge in [0.25, 0.3) is 0 Å². The van der Waals surface area contributed by atoms with Gasteiger partial charge in [-0.2, -0.15) is 0 Å². The molecule has 3 rings (SSSR count). The molecule has 0 saturated heterocycles. The average molecular weight is 189 g/mol. The highest BCUT2D eigenvalue weighted by molar-refractivity contribution is 6.00. The molecule has 1 N–H and O–H groups in total. The minimum absolute atomic E-state index is 0.103. The van der Waals surface area contributed by atoms with E-state index >= 15 is 0 Å². The maximum absolute atomic E-state index is 8.92. The van der Waals surface area contributed by atoms with E-state index in [1.807, 2.05) is 0 Å². The van der Waals surface area contributed by atoms with Gasteiger partial charge in [0.1, 0.15) is 18.0 Å². The number of furan rings is 2. The molecule has 4 heteroatoms. The molecule has 0 aromatic carbocycles. The molecule has 0 aliphatic carbocycles. The van der Waals surface area contributed by atoms with E-state index in [1.54, 1.807) is 24.6 Å². The molecule has 14 heavy (non-hydrogen) atoms. The van der Waals surface area contributed by atoms with Crippen molar-refractivity contribution >= 4 is 22.1 Å². The molecule has 4 nitrogen and oxygen atoms in total. The van der Waals surface area contributed by atoms with Gasteiger partial charge in [-0.15, -0.1) is 0 Å². The highest BCUT2D eigenvalue weighted by Gasteiger charge is 2.09. The smallest absolute Gasteiger partial charge is 0.229 e. The van der Waals surface area contributed by atoms with Gasteiger partial charge >= 0.3 is 0 Å². The molecule has 70 valence electrons. The Morgan fingerprint density at radius 2 is 2.36 bits per heavy atom. The van der Waals surface area contributed by atoms with Gasteiger partial charge in [-0.25, -0.2) is 4.98 Å². The summed E-state index contributed by atoms with van der Waals surface area (Å²) in [4.78, 5) is 4.11. The molecule has 0 atom stereocenters. The van der Waals surface area contributed by atoms with Crippen LogP contribution in [0.5, 0.6) is 0 Å². The summed E-state index contributed by atoms with van der Waals surface area (Å²) in [5, 5.41) is 10.6. The number of aliphatic hydroxyl groups is 1. The number of nitrogens with zero attached hydrogens (tertiary/aromatic N) is 1. The minimum Gasteiger partial charge on any atom is -0.458 e. The van der Waals surface area contributed by atoms with E-state index in [0.29, 0.717) is 17.1 Å². The predicted molar refractivity (Wildman–Crippen MR) is 49.7 cm³/mol. The number of pyridine rings is 1. The highest BCUT2D eigenvalue weighted by atomic mass is 16.4. The van der Waals surface area contributed by atoms with Crippen molar-refractivity contribution in [3.8, 4) is 0 Å². The second-order valence-electron chi connectivity index (χ2n) is 3.05. The zero-order valence-electron chi connectivity index (χ0n) is 7.23. The maximum atomic E-state index is 8.92. The van der Waals surface area contributed by atoms with E-state index in [0.717, 1.165) is 10.8 Å². The number of rotatable bonds is 1. The van der Waals surface area contributed by atoms with Gasteiger partial charge in [0, 0.05) is 11.6 Å². The van der Waals surface area contributed by atoms with Crippen LogP contribution in [0.2, 0.25) is 0 Å². The molecule has 0 bridgehead atoms. The zero-order chi connectivity index (χ0) is 9.54. The van der Waals surface area contributed by atoms with E-state index in [4.69, 9.17) is 13.9 Å². The second kappa shape index (κ2) is 2.59. The fraction of sp³-hybridized carbons (Fsp3) is 0.100. The van der Waals surface area contributed by atoms with Gasteiger partial charge in [0.2, 0.25) is 5.71 Å². The number of hydrogen-bond acceptors (Lipinski definition) is 4. The van der Waals surface area contributed by atoms with Crippen LogP contribution in [0.15, 0.2) is 33.4 Å². The number of aliphatic hydroxyl groups excluding tert-OH is 1. The summed E-state index contributed by atoms with van der Waals surface area (Å²) in [5.41, 5.74) is 1.27. The lowest BCUT2D eigenvalue weighted by atomic mass is 10.2. The average Bonchev–Trinajstić information content (AvgIpc) is 2.82. The zero-order valence-corrected chi connectivity index (χ0v) is 7.23. The summed E-state index contributed by atoms with van der Waals surface area (Å²) in [7, 11) is 0. The van der Waals surface area contributed by atoms with Gasteiger partial charge < -0.3 is 13.9 Å². The van der Waals surface area contributed by atoms with Crippen LogP contribution in [0, 0.1) is 0 Å². The fourth-order valence-electron chi connectivity index (χ4n) is 1.54. The topological polar surface area (TPSA) is 59.4 Å². The highest BCUT2D eigenvalue weighted by Crippen LogP contribution is 2.26. The Labute approximate surface area is 78.8 Å². The van der Waals surface area contributed by atoms with Crippen molar-refractivity contribution in [3.63, 3.8) is 0 Å². The number of aromatic nitrogens is 1. The standard InChI is InChI=1S/C10H7NO3/c12-5-7-3-6-4-11-10-8(1-2-13-10)9(6)14-7/h1-4,12H,5H2. The summed E-state index contributed by atoms with van der Waals surface area (Å²) in [6, 6.07) is 3.57. The first-order chi connectivity index (χ1) is 6.88. The number of hydrogen-bond donors (Lipinski definition) is 1. The summed E-state index contributed by atoms with van der Waals surface area (Å²) in [5.74, 6) is 0.538. The third kappa shape index (κ3) is 0.885. The van der Waals surface area contributed by atoms with E-state index in [2.05, 4.69) is 4.98 Å². The van der Waals surface area contributed by atoms with Crippen molar-refractivity contribution in [1.82, 2.24) is 4.98 Å². The first-order valence-electron chi connectivity index (χ1n) is 4.24. The van der Waals surface area contributed by atoms with Crippen LogP contribution in [0.1, 0.15) is 5.76 Å². The van der Waals surface area contributed by atoms with Gasteiger partial charge in [0.15, 0.2) is 0 Å². The van der Waals surface area contributed by atoms with E-state index < -0.39 is 0 Å². The summed E-state index contributed by atoms with van der Waals surface area (Å²) in [6.07, 6.45) is 3.24. The third-order valence-electron chi connectivity index (χ3n) is 2.18. The van der Waals surface area contributed by atoms with Crippen molar-refractivity contribution in [1.29, 1.82) is 0 Å². The first-order valence-corrected chi connectivity index (χ1v) is 4.24. The van der Waals surface area contributed by atoms with E-state index in [-0.39, 0.29) is 6.61 Å². The molecule has 0 unspecified atom stereocenters. The number of fused-ring (bicyclic) bond motifs is 3. The Morgan fingerprint density at radius 1 is 1.43 bits per heavy atom. The van der Waals surface area contributed by atoms with Crippen LogP contribution in [-0.4, -0.2) is 10.1 Å². The molecule has 0 radical (unpaired) electrons. The second-order valence-corrected chi connectivity index (χ2v) is 3.05. The Balaban J connectivity index is 2.49. The van der Waals surface area contributed by atoms with Crippen LogP contribution < -0.4 is 0 Å². The van der Waals surface area contributed by atoms with Crippen LogP contribution in [0.4, 0.5) is 0 Å². The molecular weight excluding hydrogens is 182 g/mol. The Hall–Kier alpha value is -1.81. The lowest BCUT2D eigenvalue weighted by Gasteiger charge is -1.88. The molecule has 0 saturated carbocycles. The maximum Gasteiger partial charge on any atom is 0.229 e. The van der Waals surface area contributed by atoms with E-state index in [9.17, 15) is 0 Å². The summed E-state index contributed by atoms with van der Waals surface area (Å²) < 4.78 is 10.6. The molecule has 0 amide bonds. The van der Waals surface area contributed by atoms with Crippen LogP contribution in [-0.2, 0) is 6.61 Å². The normalized spacial score (nSPS) is 11.5. The molecule has 0 aliphatic rings. The van der Waals surface area contributed by atoms with Gasteiger partial charge in [-0.05, 0) is 12.1 Å². The van der Waals surface area contributed by atoms with Crippen molar-refractivity contribution in [3.05, 3.63) is 30.4 Å². The van der Waals surface area contributed by atoms with Gasteiger partial charge in [-0.1, -0.05) is 0 Å². The molecule has 0 spiro atoms. The molecule has 0 aliphatic heterocycles. The summed E-state index contributed by atoms with van der Waals surface area (Å²) in [6.45, 7) is -0.103. The van der Waals surface area contributed by atoms with Gasteiger partial charge in [0.05, 0.1) is 11.6 Å². The molecular formula is C10H7NO3. The molecule has 3 heterocycles. The monoisotopic (exact) mass is 189 g/mol. The Morgan fingerprint density at radius 3 is 3.21 bits per heavy atom. The lowest BCUT2D eigenvalue weighted by Crippen LogP contribution is -1.72. The first kappa shape index (κ1) is 7.58.